The minimum absolute atomic E-state index is 0.140. The molecule has 0 fully saturated rings. The first-order valence-electron chi connectivity index (χ1n) is 5.32. The number of amides is 1. The van der Waals surface area contributed by atoms with Crippen LogP contribution in [0.5, 0.6) is 0 Å². The molecule has 0 unspecified atom stereocenters. The molecule has 0 aliphatic carbocycles. The molecule has 90 valence electrons. The van der Waals surface area contributed by atoms with Gasteiger partial charge in [0.1, 0.15) is 5.82 Å². The van der Waals surface area contributed by atoms with Crippen molar-refractivity contribution in [1.82, 2.24) is 5.32 Å². The van der Waals surface area contributed by atoms with Crippen LogP contribution in [-0.2, 0) is 11.2 Å². The molecule has 0 aliphatic rings. The van der Waals surface area contributed by atoms with E-state index in [9.17, 15) is 4.79 Å². The highest BCUT2D eigenvalue weighted by Gasteiger charge is 2.05. The van der Waals surface area contributed by atoms with E-state index >= 15 is 0 Å². The molecule has 1 amide bonds. The zero-order chi connectivity index (χ0) is 12.7. The average molecular weight is 231 g/mol. The van der Waals surface area contributed by atoms with Gasteiger partial charge in [-0.2, -0.15) is 0 Å². The Morgan fingerprint density at radius 3 is 2.76 bits per heavy atom. The van der Waals surface area contributed by atoms with Crippen LogP contribution < -0.4 is 16.8 Å². The van der Waals surface area contributed by atoms with Gasteiger partial charge in [0.05, 0.1) is 6.42 Å². The van der Waals surface area contributed by atoms with Crippen LogP contribution in [0.25, 0.3) is 0 Å². The number of allylic oxidation sites excluding steroid dienone is 2. The first-order chi connectivity index (χ1) is 8.13. The molecule has 0 aliphatic heterocycles. The van der Waals surface area contributed by atoms with E-state index in [1.807, 2.05) is 31.2 Å². The second-order valence-electron chi connectivity index (χ2n) is 3.66. The third-order valence-electron chi connectivity index (χ3n) is 2.28. The standard InChI is InChI=1S/C13H17N3O/c1-10-5-2-3-6-11(10)9-13(17)16-12(15)7-4-8-14/h2-8H,9,14-15H2,1H3,(H,16,17)/b8-4-,12-7+. The summed E-state index contributed by atoms with van der Waals surface area (Å²) in [6.45, 7) is 1.97. The summed E-state index contributed by atoms with van der Waals surface area (Å²) >= 11 is 0. The number of hydrogen-bond acceptors (Lipinski definition) is 3. The van der Waals surface area contributed by atoms with Crippen molar-refractivity contribution < 1.29 is 4.79 Å². The minimum atomic E-state index is -0.140. The summed E-state index contributed by atoms with van der Waals surface area (Å²) in [5.41, 5.74) is 12.8. The first kappa shape index (κ1) is 12.8. The Bertz CT molecular complexity index is 450. The molecule has 1 rings (SSSR count). The van der Waals surface area contributed by atoms with Crippen LogP contribution in [0.1, 0.15) is 11.1 Å². The van der Waals surface area contributed by atoms with Crippen LogP contribution in [0, 0.1) is 6.92 Å². The van der Waals surface area contributed by atoms with E-state index in [1.54, 1.807) is 6.08 Å². The zero-order valence-electron chi connectivity index (χ0n) is 9.81. The van der Waals surface area contributed by atoms with Gasteiger partial charge in [-0.05, 0) is 36.4 Å². The lowest BCUT2D eigenvalue weighted by atomic mass is 10.1. The van der Waals surface area contributed by atoms with E-state index in [2.05, 4.69) is 5.32 Å². The van der Waals surface area contributed by atoms with Gasteiger partial charge in [-0.25, -0.2) is 0 Å². The molecular formula is C13H17N3O. The van der Waals surface area contributed by atoms with Gasteiger partial charge >= 0.3 is 0 Å². The fraction of sp³-hybridized carbons (Fsp3) is 0.154. The monoisotopic (exact) mass is 231 g/mol. The van der Waals surface area contributed by atoms with Crippen molar-refractivity contribution in [2.45, 2.75) is 13.3 Å². The van der Waals surface area contributed by atoms with E-state index in [-0.39, 0.29) is 11.7 Å². The van der Waals surface area contributed by atoms with Crippen molar-refractivity contribution in [2.75, 3.05) is 0 Å². The molecule has 0 bridgehead atoms. The molecule has 0 radical (unpaired) electrons. The lowest BCUT2D eigenvalue weighted by Crippen LogP contribution is -2.28. The Balaban J connectivity index is 2.59. The van der Waals surface area contributed by atoms with Gasteiger partial charge in [0.15, 0.2) is 0 Å². The summed E-state index contributed by atoms with van der Waals surface area (Å²) in [5.74, 6) is 0.142. The minimum Gasteiger partial charge on any atom is -0.405 e. The smallest absolute Gasteiger partial charge is 0.229 e. The molecule has 0 heterocycles. The molecule has 4 nitrogen and oxygen atoms in total. The van der Waals surface area contributed by atoms with Crippen LogP contribution in [0.3, 0.4) is 0 Å². The van der Waals surface area contributed by atoms with E-state index < -0.39 is 0 Å². The zero-order valence-corrected chi connectivity index (χ0v) is 9.81. The molecule has 0 aromatic heterocycles. The molecule has 0 atom stereocenters. The van der Waals surface area contributed by atoms with E-state index in [0.29, 0.717) is 6.42 Å². The highest BCUT2D eigenvalue weighted by Crippen LogP contribution is 2.07. The maximum atomic E-state index is 11.7. The normalized spacial score (nSPS) is 11.7. The highest BCUT2D eigenvalue weighted by atomic mass is 16.1. The maximum absolute atomic E-state index is 11.7. The van der Waals surface area contributed by atoms with Crippen molar-refractivity contribution in [1.29, 1.82) is 0 Å². The number of carbonyl (C=O) groups excluding carboxylic acids is 1. The molecule has 0 saturated heterocycles. The second-order valence-corrected chi connectivity index (χ2v) is 3.66. The summed E-state index contributed by atoms with van der Waals surface area (Å²) in [6.07, 6.45) is 4.76. The number of nitrogens with two attached hydrogens (primary N) is 2. The fourth-order valence-electron chi connectivity index (χ4n) is 1.39. The number of rotatable bonds is 4. The number of hydrogen-bond donors (Lipinski definition) is 3. The van der Waals surface area contributed by atoms with E-state index in [4.69, 9.17) is 11.5 Å². The second kappa shape index (κ2) is 6.37. The van der Waals surface area contributed by atoms with Crippen molar-refractivity contribution in [2.24, 2.45) is 11.5 Å². The SMILES string of the molecule is Cc1ccccc1CC(=O)N/C(N)=C/C=C\N. The largest absolute Gasteiger partial charge is 0.405 e. The summed E-state index contributed by atoms with van der Waals surface area (Å²) in [7, 11) is 0. The first-order valence-corrected chi connectivity index (χ1v) is 5.32. The van der Waals surface area contributed by atoms with Crippen molar-refractivity contribution in [3.63, 3.8) is 0 Å². The van der Waals surface area contributed by atoms with Crippen molar-refractivity contribution in [3.8, 4) is 0 Å². The quantitative estimate of drug-likeness (QED) is 0.674. The molecule has 5 N–H and O–H groups in total. The Labute approximate surface area is 101 Å². The van der Waals surface area contributed by atoms with Crippen LogP contribution in [0.15, 0.2) is 48.4 Å². The molecule has 0 spiro atoms. The van der Waals surface area contributed by atoms with Crippen molar-refractivity contribution in [3.05, 3.63) is 59.6 Å². The maximum Gasteiger partial charge on any atom is 0.229 e. The van der Waals surface area contributed by atoms with Crippen LogP contribution >= 0.6 is 0 Å². The summed E-state index contributed by atoms with van der Waals surface area (Å²) in [6, 6.07) is 7.75. The number of benzene rings is 1. The van der Waals surface area contributed by atoms with Crippen LogP contribution in [0.2, 0.25) is 0 Å². The highest BCUT2D eigenvalue weighted by molar-refractivity contribution is 5.80. The van der Waals surface area contributed by atoms with Gasteiger partial charge in [0.2, 0.25) is 5.91 Å². The fourth-order valence-corrected chi connectivity index (χ4v) is 1.39. The number of nitrogens with one attached hydrogen (secondary N) is 1. The summed E-state index contributed by atoms with van der Waals surface area (Å²) < 4.78 is 0. The Hall–Kier alpha value is -2.23. The molecule has 1 aromatic rings. The number of aryl methyl sites for hydroxylation is 1. The Kier molecular flexibility index (Phi) is 4.81. The molecular weight excluding hydrogens is 214 g/mol. The van der Waals surface area contributed by atoms with Gasteiger partial charge in [-0.1, -0.05) is 24.3 Å². The van der Waals surface area contributed by atoms with Gasteiger partial charge in [-0.3, -0.25) is 4.79 Å². The topological polar surface area (TPSA) is 81.1 Å². The lowest BCUT2D eigenvalue weighted by Gasteiger charge is -2.06. The number of carbonyl (C=O) groups is 1. The van der Waals surface area contributed by atoms with Gasteiger partial charge in [0, 0.05) is 0 Å². The predicted octanol–water partition coefficient (Wildman–Crippen LogP) is 0.926. The predicted molar refractivity (Wildman–Crippen MR) is 68.6 cm³/mol. The Morgan fingerprint density at radius 2 is 2.12 bits per heavy atom. The molecule has 17 heavy (non-hydrogen) atoms. The average Bonchev–Trinajstić information content (AvgIpc) is 2.29. The van der Waals surface area contributed by atoms with Gasteiger partial charge in [0.25, 0.3) is 0 Å². The van der Waals surface area contributed by atoms with E-state index in [0.717, 1.165) is 11.1 Å². The molecule has 0 saturated carbocycles. The van der Waals surface area contributed by atoms with Gasteiger partial charge < -0.3 is 16.8 Å². The third kappa shape index (κ3) is 4.42. The van der Waals surface area contributed by atoms with Gasteiger partial charge in [-0.15, -0.1) is 0 Å². The summed E-state index contributed by atoms with van der Waals surface area (Å²) in [4.78, 5) is 11.7. The molecule has 4 heteroatoms. The van der Waals surface area contributed by atoms with Crippen LogP contribution in [-0.4, -0.2) is 5.91 Å². The third-order valence-corrected chi connectivity index (χ3v) is 2.28. The lowest BCUT2D eigenvalue weighted by molar-refractivity contribution is -0.119. The molecule has 1 aromatic carbocycles. The Morgan fingerprint density at radius 1 is 1.41 bits per heavy atom. The van der Waals surface area contributed by atoms with E-state index in [1.165, 1.54) is 12.3 Å². The van der Waals surface area contributed by atoms with Crippen LogP contribution in [0.4, 0.5) is 0 Å². The van der Waals surface area contributed by atoms with Crippen molar-refractivity contribution >= 4 is 5.91 Å². The summed E-state index contributed by atoms with van der Waals surface area (Å²) in [5, 5.41) is 2.58.